The van der Waals surface area contributed by atoms with Gasteiger partial charge in [0.05, 0.1) is 24.3 Å². The number of aromatic nitrogens is 2. The molecule has 1 aliphatic rings. The lowest BCUT2D eigenvalue weighted by Crippen LogP contribution is -2.32. The van der Waals surface area contributed by atoms with Crippen LogP contribution in [-0.2, 0) is 11.2 Å². The van der Waals surface area contributed by atoms with Gasteiger partial charge in [-0.2, -0.15) is 0 Å². The Labute approximate surface area is 136 Å². The molecule has 2 aromatic heterocycles. The number of hydrogen-bond donors (Lipinski definition) is 1. The minimum Gasteiger partial charge on any atom is -0.397 e. The molecule has 22 heavy (non-hydrogen) atoms. The van der Waals surface area contributed by atoms with Crippen LogP contribution in [-0.4, -0.2) is 27.3 Å². The minimum atomic E-state index is 0. The van der Waals surface area contributed by atoms with Crippen LogP contribution in [0.2, 0.25) is 0 Å². The fourth-order valence-corrected chi connectivity index (χ4v) is 2.78. The van der Waals surface area contributed by atoms with Crippen LogP contribution in [0.1, 0.15) is 30.1 Å². The smallest absolute Gasteiger partial charge is 0.229 e. The number of pyridine rings is 2. The monoisotopic (exact) mass is 318 g/mol. The molecule has 2 N–H and O–H groups in total. The molecule has 0 aromatic carbocycles. The topological polar surface area (TPSA) is 72.1 Å². The lowest BCUT2D eigenvalue weighted by Gasteiger charge is -2.24. The normalized spacial score (nSPS) is 17.1. The number of rotatable bonds is 3. The van der Waals surface area contributed by atoms with E-state index in [0.29, 0.717) is 12.1 Å². The molecular formula is C16H19ClN4O. The number of anilines is 1. The summed E-state index contributed by atoms with van der Waals surface area (Å²) in [5, 5.41) is 0. The molecule has 0 spiro atoms. The van der Waals surface area contributed by atoms with Crippen molar-refractivity contribution in [3.63, 3.8) is 0 Å². The summed E-state index contributed by atoms with van der Waals surface area (Å²) in [5.41, 5.74) is 8.09. The molecule has 5 nitrogen and oxygen atoms in total. The number of amides is 1. The van der Waals surface area contributed by atoms with Gasteiger partial charge in [-0.3, -0.25) is 14.8 Å². The van der Waals surface area contributed by atoms with Crippen molar-refractivity contribution in [2.24, 2.45) is 0 Å². The zero-order chi connectivity index (χ0) is 14.7. The molecular weight excluding hydrogens is 300 g/mol. The van der Waals surface area contributed by atoms with E-state index in [1.165, 1.54) is 0 Å². The van der Waals surface area contributed by atoms with E-state index in [1.807, 2.05) is 29.3 Å². The average molecular weight is 319 g/mol. The average Bonchev–Trinajstić information content (AvgIpc) is 3.00. The van der Waals surface area contributed by atoms with Crippen molar-refractivity contribution in [2.45, 2.75) is 25.3 Å². The standard InChI is InChI=1S/C16H18N4O.ClH/c17-13-5-6-14(19-11-13)9-16(21)20-8-2-4-15(20)12-3-1-7-18-10-12;/h1,3,5-7,10-11,15H,2,4,8-9,17H2;1H. The van der Waals surface area contributed by atoms with E-state index in [0.717, 1.165) is 30.6 Å². The van der Waals surface area contributed by atoms with E-state index in [2.05, 4.69) is 9.97 Å². The van der Waals surface area contributed by atoms with E-state index in [1.54, 1.807) is 18.5 Å². The number of halogens is 1. The summed E-state index contributed by atoms with van der Waals surface area (Å²) in [4.78, 5) is 22.8. The van der Waals surface area contributed by atoms with Gasteiger partial charge < -0.3 is 10.6 Å². The SMILES string of the molecule is Cl.Nc1ccc(CC(=O)N2CCCC2c2cccnc2)nc1. The molecule has 1 amide bonds. The van der Waals surface area contributed by atoms with Crippen LogP contribution < -0.4 is 5.73 Å². The van der Waals surface area contributed by atoms with Crippen LogP contribution in [0.25, 0.3) is 0 Å². The van der Waals surface area contributed by atoms with E-state index in [-0.39, 0.29) is 24.4 Å². The molecule has 0 radical (unpaired) electrons. The second kappa shape index (κ2) is 7.22. The maximum atomic E-state index is 12.5. The molecule has 1 aliphatic heterocycles. The summed E-state index contributed by atoms with van der Waals surface area (Å²) in [7, 11) is 0. The van der Waals surface area contributed by atoms with Gasteiger partial charge >= 0.3 is 0 Å². The lowest BCUT2D eigenvalue weighted by atomic mass is 10.1. The Hall–Kier alpha value is -2.14. The highest BCUT2D eigenvalue weighted by Crippen LogP contribution is 2.31. The van der Waals surface area contributed by atoms with Gasteiger partial charge in [-0.1, -0.05) is 6.07 Å². The Kier molecular flexibility index (Phi) is 5.33. The first-order chi connectivity index (χ1) is 10.2. The quantitative estimate of drug-likeness (QED) is 0.943. The van der Waals surface area contributed by atoms with Crippen LogP contribution in [0.5, 0.6) is 0 Å². The second-order valence-electron chi connectivity index (χ2n) is 5.29. The number of carbonyl (C=O) groups is 1. The molecule has 6 heteroatoms. The van der Waals surface area contributed by atoms with Crippen molar-refractivity contribution in [3.8, 4) is 0 Å². The van der Waals surface area contributed by atoms with Crippen LogP contribution in [0.4, 0.5) is 5.69 Å². The molecule has 3 heterocycles. The molecule has 1 saturated heterocycles. The highest BCUT2D eigenvalue weighted by molar-refractivity contribution is 5.85. The fourth-order valence-electron chi connectivity index (χ4n) is 2.78. The third-order valence-corrected chi connectivity index (χ3v) is 3.82. The van der Waals surface area contributed by atoms with Crippen molar-refractivity contribution in [3.05, 3.63) is 54.1 Å². The molecule has 116 valence electrons. The highest BCUT2D eigenvalue weighted by atomic mass is 35.5. The first-order valence-electron chi connectivity index (χ1n) is 7.14. The van der Waals surface area contributed by atoms with Crippen molar-refractivity contribution in [1.82, 2.24) is 14.9 Å². The molecule has 0 aliphatic carbocycles. The number of nitrogen functional groups attached to an aromatic ring is 1. The van der Waals surface area contributed by atoms with Crippen LogP contribution in [0.15, 0.2) is 42.9 Å². The Morgan fingerprint density at radius 1 is 1.32 bits per heavy atom. The Bertz CT molecular complexity index is 618. The molecule has 1 unspecified atom stereocenters. The first-order valence-corrected chi connectivity index (χ1v) is 7.14. The van der Waals surface area contributed by atoms with Gasteiger partial charge in [0.25, 0.3) is 0 Å². The molecule has 2 aromatic rings. The van der Waals surface area contributed by atoms with Crippen molar-refractivity contribution in [1.29, 1.82) is 0 Å². The number of likely N-dealkylation sites (tertiary alicyclic amines) is 1. The van der Waals surface area contributed by atoms with Crippen molar-refractivity contribution in [2.75, 3.05) is 12.3 Å². The fraction of sp³-hybridized carbons (Fsp3) is 0.312. The summed E-state index contributed by atoms with van der Waals surface area (Å²) >= 11 is 0. The Morgan fingerprint density at radius 3 is 2.86 bits per heavy atom. The van der Waals surface area contributed by atoms with Gasteiger partial charge in [0.1, 0.15) is 0 Å². The molecule has 1 atom stereocenters. The Balaban J connectivity index is 0.00000176. The van der Waals surface area contributed by atoms with Crippen LogP contribution in [0, 0.1) is 0 Å². The van der Waals surface area contributed by atoms with E-state index in [9.17, 15) is 4.79 Å². The zero-order valence-corrected chi connectivity index (χ0v) is 13.0. The predicted molar refractivity (Wildman–Crippen MR) is 87.5 cm³/mol. The molecule has 0 saturated carbocycles. The zero-order valence-electron chi connectivity index (χ0n) is 12.2. The maximum Gasteiger partial charge on any atom is 0.229 e. The first kappa shape index (κ1) is 16.2. The van der Waals surface area contributed by atoms with Crippen LogP contribution in [0.3, 0.4) is 0 Å². The van der Waals surface area contributed by atoms with Gasteiger partial charge in [-0.15, -0.1) is 12.4 Å². The Morgan fingerprint density at radius 2 is 2.18 bits per heavy atom. The number of hydrogen-bond acceptors (Lipinski definition) is 4. The van der Waals surface area contributed by atoms with E-state index < -0.39 is 0 Å². The van der Waals surface area contributed by atoms with Gasteiger partial charge in [0, 0.05) is 24.6 Å². The van der Waals surface area contributed by atoms with Gasteiger partial charge in [0.2, 0.25) is 5.91 Å². The lowest BCUT2D eigenvalue weighted by molar-refractivity contribution is -0.131. The van der Waals surface area contributed by atoms with Crippen LogP contribution >= 0.6 is 12.4 Å². The van der Waals surface area contributed by atoms with Gasteiger partial charge in [-0.05, 0) is 36.6 Å². The number of nitrogens with zero attached hydrogens (tertiary/aromatic N) is 3. The summed E-state index contributed by atoms with van der Waals surface area (Å²) in [6.45, 7) is 0.799. The summed E-state index contributed by atoms with van der Waals surface area (Å²) in [5.74, 6) is 0.110. The third kappa shape index (κ3) is 3.54. The second-order valence-corrected chi connectivity index (χ2v) is 5.29. The summed E-state index contributed by atoms with van der Waals surface area (Å²) in [6.07, 6.45) is 7.52. The number of nitrogens with two attached hydrogens (primary N) is 1. The van der Waals surface area contributed by atoms with E-state index in [4.69, 9.17) is 5.73 Å². The largest absolute Gasteiger partial charge is 0.397 e. The number of carbonyl (C=O) groups excluding carboxylic acids is 1. The summed E-state index contributed by atoms with van der Waals surface area (Å²) < 4.78 is 0. The highest BCUT2D eigenvalue weighted by Gasteiger charge is 2.29. The van der Waals surface area contributed by atoms with Gasteiger partial charge in [0.15, 0.2) is 0 Å². The van der Waals surface area contributed by atoms with Crippen molar-refractivity contribution < 1.29 is 4.79 Å². The minimum absolute atomic E-state index is 0. The van der Waals surface area contributed by atoms with Gasteiger partial charge in [-0.25, -0.2) is 0 Å². The maximum absolute atomic E-state index is 12.5. The predicted octanol–water partition coefficient (Wildman–Crippen LogP) is 2.39. The molecule has 3 rings (SSSR count). The molecule has 0 bridgehead atoms. The third-order valence-electron chi connectivity index (χ3n) is 3.82. The van der Waals surface area contributed by atoms with Crippen molar-refractivity contribution >= 4 is 24.0 Å². The summed E-state index contributed by atoms with van der Waals surface area (Å²) in [6, 6.07) is 7.67. The van der Waals surface area contributed by atoms with E-state index >= 15 is 0 Å². The molecule has 1 fully saturated rings.